The minimum Gasteiger partial charge on any atom is -0.494 e. The Bertz CT molecular complexity index is 4120. The number of carboxylic acids is 3. The molecule has 9 aromatic carbocycles. The second-order valence-corrected chi connectivity index (χ2v) is 19.0. The first-order chi connectivity index (χ1) is 42.2. The third kappa shape index (κ3) is 17.9. The highest BCUT2D eigenvalue weighted by Crippen LogP contribution is 2.39. The van der Waals surface area contributed by atoms with Crippen molar-refractivity contribution < 1.29 is 93.4 Å². The van der Waals surface area contributed by atoms with Gasteiger partial charge >= 0.3 is 30.6 Å². The fourth-order valence-electron chi connectivity index (χ4n) is 8.32. The molecule has 25 heteroatoms. The van der Waals surface area contributed by atoms with E-state index in [1.165, 1.54) is 109 Å². The summed E-state index contributed by atoms with van der Waals surface area (Å²) in [5.74, 6) is -8.26. The summed E-state index contributed by atoms with van der Waals surface area (Å²) < 4.78 is 118. The predicted octanol–water partition coefficient (Wildman–Crippen LogP) is 16.7. The Labute approximate surface area is 509 Å². The van der Waals surface area contributed by atoms with Crippen LogP contribution in [0.5, 0.6) is 17.2 Å². The number of ether oxygens (including phenoxy) is 3. The molecule has 0 spiro atoms. The van der Waals surface area contributed by atoms with Gasteiger partial charge in [-0.2, -0.15) is 0 Å². The number of amides is 3. The number of hydrogen-bond donors (Lipinski definition) is 6. The summed E-state index contributed by atoms with van der Waals surface area (Å²) in [6, 6.07) is 44.9. The first-order valence-corrected chi connectivity index (χ1v) is 26.4. The van der Waals surface area contributed by atoms with Gasteiger partial charge in [0.2, 0.25) is 0 Å². The zero-order valence-electron chi connectivity index (χ0n) is 45.5. The van der Waals surface area contributed by atoms with Crippen LogP contribution in [0.1, 0.15) is 69.1 Å². The molecule has 9 aromatic rings. The Morgan fingerprint density at radius 3 is 1.31 bits per heavy atom. The lowest BCUT2D eigenvalue weighted by molar-refractivity contribution is -0.275. The van der Waals surface area contributed by atoms with E-state index in [1.54, 1.807) is 24.3 Å². The smallest absolute Gasteiger partial charge is 0.494 e. The molecule has 0 radical (unpaired) electrons. The Balaban J connectivity index is 0.000000190. The Kier molecular flexibility index (Phi) is 21.5. The van der Waals surface area contributed by atoms with Crippen LogP contribution in [0.2, 0.25) is 10.0 Å². The molecule has 0 aromatic heterocycles. The summed E-state index contributed by atoms with van der Waals surface area (Å²) >= 11 is 12.7. The van der Waals surface area contributed by atoms with Crippen molar-refractivity contribution >= 4 is 75.9 Å². The largest absolute Gasteiger partial charge is 0.573 e. The van der Waals surface area contributed by atoms with Gasteiger partial charge in [0.15, 0.2) is 5.75 Å². The van der Waals surface area contributed by atoms with Crippen LogP contribution in [0, 0.1) is 11.6 Å². The summed E-state index contributed by atoms with van der Waals surface area (Å²) in [7, 11) is 0. The van der Waals surface area contributed by atoms with Crippen molar-refractivity contribution in [3.8, 4) is 50.6 Å². The molecule has 0 heterocycles. The quantitative estimate of drug-likeness (QED) is 0.0497. The van der Waals surface area contributed by atoms with E-state index >= 15 is 0 Å². The number of aromatic carboxylic acids is 3. The van der Waals surface area contributed by atoms with Crippen molar-refractivity contribution in [2.24, 2.45) is 0 Å². The van der Waals surface area contributed by atoms with Crippen LogP contribution in [0.25, 0.3) is 33.4 Å². The third-order valence-electron chi connectivity index (χ3n) is 12.2. The van der Waals surface area contributed by atoms with Crippen LogP contribution in [0.15, 0.2) is 194 Å². The van der Waals surface area contributed by atoms with E-state index in [-0.39, 0.29) is 82.7 Å². The molecule has 3 amide bonds. The van der Waals surface area contributed by atoms with Crippen molar-refractivity contribution in [1.82, 2.24) is 0 Å². The van der Waals surface area contributed by atoms with Gasteiger partial charge in [-0.15, -0.1) is 26.3 Å². The zero-order valence-corrected chi connectivity index (χ0v) is 47.0. The van der Waals surface area contributed by atoms with Gasteiger partial charge in [-0.25, -0.2) is 23.2 Å². The lowest BCUT2D eigenvalue weighted by atomic mass is 10.0. The van der Waals surface area contributed by atoms with Gasteiger partial charge in [0, 0.05) is 5.56 Å². The van der Waals surface area contributed by atoms with E-state index in [9.17, 15) is 74.1 Å². The van der Waals surface area contributed by atoms with Crippen LogP contribution in [-0.2, 0) is 0 Å². The third-order valence-corrected chi connectivity index (χ3v) is 12.8. The van der Waals surface area contributed by atoms with E-state index in [1.807, 2.05) is 31.2 Å². The van der Waals surface area contributed by atoms with E-state index in [2.05, 4.69) is 25.4 Å². The number of carboxylic acid groups (broad SMARTS) is 3. The lowest BCUT2D eigenvalue weighted by Gasteiger charge is -2.16. The number of benzene rings is 9. The average Bonchev–Trinajstić information content (AvgIpc) is 1.21. The fraction of sp³-hybridized carbons (Fsp3) is 0.0625. The van der Waals surface area contributed by atoms with Crippen molar-refractivity contribution in [3.05, 3.63) is 249 Å². The molecular formula is C64H43Cl2F8N3O12. The molecule has 6 N–H and O–H groups in total. The number of alkyl halides is 6. The fourth-order valence-corrected chi connectivity index (χ4v) is 8.90. The van der Waals surface area contributed by atoms with Crippen molar-refractivity contribution in [2.75, 3.05) is 22.6 Å². The maximum Gasteiger partial charge on any atom is 0.573 e. The van der Waals surface area contributed by atoms with E-state index in [0.717, 1.165) is 53.3 Å². The molecule has 456 valence electrons. The van der Waals surface area contributed by atoms with Crippen molar-refractivity contribution in [2.45, 2.75) is 19.6 Å². The minimum atomic E-state index is -5.08. The maximum absolute atomic E-state index is 14.5. The van der Waals surface area contributed by atoms with Gasteiger partial charge < -0.3 is 45.5 Å². The SMILES string of the molecule is CCOc1cccc(-c2cc(Cl)c(NC(=O)c3ccccc3C(=O)O)c(Cl)c2)c1.O=C(O)c1ccccc1C(=O)Nc1ccc(-c2cccc(OC(F)(F)F)c2)cc1F.O=C(O)c1ccccc1C(=O)Nc1ccc(-c2ccccc2F)cc1OC(F)(F)F. The highest BCUT2D eigenvalue weighted by atomic mass is 35.5. The average molecular weight is 1270 g/mol. The number of rotatable bonds is 16. The summed E-state index contributed by atoms with van der Waals surface area (Å²) in [6.07, 6.45) is -9.93. The van der Waals surface area contributed by atoms with Gasteiger partial charge in [0.05, 0.1) is 67.1 Å². The number of hydrogen-bond acceptors (Lipinski definition) is 9. The number of carbonyl (C=O) groups is 6. The maximum atomic E-state index is 14.5. The van der Waals surface area contributed by atoms with Crippen LogP contribution in [0.4, 0.5) is 52.2 Å². The van der Waals surface area contributed by atoms with Gasteiger partial charge in [-0.1, -0.05) is 114 Å². The van der Waals surface area contributed by atoms with Crippen LogP contribution < -0.4 is 30.2 Å². The molecule has 0 atom stereocenters. The standard InChI is InChI=1S/C22H17Cl2NO4.2C21H13F4NO4/c1-2-29-15-7-5-6-13(10-15)14-11-18(23)20(19(24)12-14)25-21(26)16-8-3-4-9-17(16)22(27)28;22-17-11-13(12-4-3-5-14(10-12)30-21(23,24)25)8-9-18(17)26-19(27)15-6-1-2-7-16(15)20(28)29;22-16-8-4-3-5-13(16)12-9-10-17(18(11-12)30-21(23,24)25)26-19(27)14-6-1-2-7-15(14)20(28)29/h3-12H,2H2,1H3,(H,25,26)(H,27,28);2*1-11H,(H,26,27)(H,28,29). The normalized spacial score (nSPS) is 10.9. The molecule has 0 aliphatic carbocycles. The Morgan fingerprint density at radius 1 is 0.416 bits per heavy atom. The molecule has 0 saturated carbocycles. The van der Waals surface area contributed by atoms with Gasteiger partial charge in [0.25, 0.3) is 17.7 Å². The highest BCUT2D eigenvalue weighted by molar-refractivity contribution is 6.40. The van der Waals surface area contributed by atoms with Gasteiger partial charge in [-0.3, -0.25) is 14.4 Å². The van der Waals surface area contributed by atoms with E-state index in [0.29, 0.717) is 6.61 Å². The first kappa shape index (κ1) is 65.8. The predicted molar refractivity (Wildman–Crippen MR) is 314 cm³/mol. The Hall–Kier alpha value is -10.8. The lowest BCUT2D eigenvalue weighted by Crippen LogP contribution is -2.20. The van der Waals surface area contributed by atoms with E-state index < -0.39 is 71.5 Å². The minimum absolute atomic E-state index is 0.0145. The van der Waals surface area contributed by atoms with Crippen LogP contribution in [-0.4, -0.2) is 70.3 Å². The molecule has 0 unspecified atom stereocenters. The molecule has 89 heavy (non-hydrogen) atoms. The number of carbonyl (C=O) groups excluding carboxylic acids is 3. The zero-order chi connectivity index (χ0) is 64.7. The van der Waals surface area contributed by atoms with Crippen molar-refractivity contribution in [3.63, 3.8) is 0 Å². The molecule has 0 bridgehead atoms. The number of nitrogens with one attached hydrogen (secondary N) is 3. The Morgan fingerprint density at radius 2 is 0.831 bits per heavy atom. The summed E-state index contributed by atoms with van der Waals surface area (Å²) in [5, 5.41) is 35.2. The number of anilines is 3. The molecule has 0 aliphatic rings. The monoisotopic (exact) mass is 1270 g/mol. The molecule has 0 aliphatic heterocycles. The molecule has 15 nitrogen and oxygen atoms in total. The van der Waals surface area contributed by atoms with E-state index in [4.69, 9.17) is 33.0 Å². The molecule has 9 rings (SSSR count). The highest BCUT2D eigenvalue weighted by Gasteiger charge is 2.34. The van der Waals surface area contributed by atoms with Crippen molar-refractivity contribution in [1.29, 1.82) is 0 Å². The molecule has 0 fully saturated rings. The summed E-state index contributed by atoms with van der Waals surface area (Å²) in [4.78, 5) is 71.3. The number of halogens is 10. The second-order valence-electron chi connectivity index (χ2n) is 18.2. The van der Waals surface area contributed by atoms with Crippen LogP contribution >= 0.6 is 23.2 Å². The molecular weight excluding hydrogens is 1230 g/mol. The topological polar surface area (TPSA) is 227 Å². The summed E-state index contributed by atoms with van der Waals surface area (Å²) in [6.45, 7) is 2.45. The summed E-state index contributed by atoms with van der Waals surface area (Å²) in [5.41, 5.74) is 0.842. The molecule has 0 saturated heterocycles. The van der Waals surface area contributed by atoms with Gasteiger partial charge in [0.1, 0.15) is 23.1 Å². The second kappa shape index (κ2) is 29.1. The van der Waals surface area contributed by atoms with Crippen LogP contribution in [0.3, 0.4) is 0 Å². The van der Waals surface area contributed by atoms with Gasteiger partial charge in [-0.05, 0) is 138 Å². The first-order valence-electron chi connectivity index (χ1n) is 25.6.